The molecule has 0 N–H and O–H groups in total. The van der Waals surface area contributed by atoms with Crippen LogP contribution in [0.25, 0.3) is 0 Å². The van der Waals surface area contributed by atoms with E-state index in [1.165, 1.54) is 9.13 Å². The molecule has 0 fully saturated rings. The zero-order valence-corrected chi connectivity index (χ0v) is 10.5. The molecule has 0 saturated heterocycles. The van der Waals surface area contributed by atoms with Gasteiger partial charge >= 0.3 is 0 Å². The zero-order chi connectivity index (χ0) is 8.43. The Morgan fingerprint density at radius 2 is 2.18 bits per heavy atom. The maximum absolute atomic E-state index is 5.74. The lowest BCUT2D eigenvalue weighted by molar-refractivity contribution is 1.29. The lowest BCUT2D eigenvalue weighted by Crippen LogP contribution is -1.86. The van der Waals surface area contributed by atoms with E-state index in [-0.39, 0.29) is 0 Å². The largest absolute Gasteiger partial charge is 0.122 e. The Morgan fingerprint density at radius 1 is 1.55 bits per heavy atom. The monoisotopic (exact) mass is 344 g/mol. The summed E-state index contributed by atoms with van der Waals surface area (Å²) in [6, 6.07) is 4.21. The molecule has 0 bridgehead atoms. The van der Waals surface area contributed by atoms with E-state index in [0.29, 0.717) is 5.88 Å². The highest BCUT2D eigenvalue weighted by molar-refractivity contribution is 14.1. The van der Waals surface area contributed by atoms with Crippen LogP contribution in [0.2, 0.25) is 0 Å². The molecule has 0 aliphatic heterocycles. The lowest BCUT2D eigenvalue weighted by atomic mass is 10.2. The van der Waals surface area contributed by atoms with Gasteiger partial charge in [-0.05, 0) is 52.8 Å². The van der Waals surface area contributed by atoms with Crippen molar-refractivity contribution in [2.24, 2.45) is 0 Å². The molecule has 60 valence electrons. The normalized spacial score (nSPS) is 10.2. The Bertz CT molecular complexity index is 273. The molecular formula is C8H7BrClI. The molecule has 1 aromatic carbocycles. The first-order valence-electron chi connectivity index (χ1n) is 3.15. The van der Waals surface area contributed by atoms with E-state index >= 15 is 0 Å². The molecule has 1 rings (SSSR count). The first kappa shape index (κ1) is 9.81. The van der Waals surface area contributed by atoms with Crippen molar-refractivity contribution < 1.29 is 0 Å². The van der Waals surface area contributed by atoms with Crippen LogP contribution in [0.4, 0.5) is 0 Å². The van der Waals surface area contributed by atoms with Gasteiger partial charge in [-0.15, -0.1) is 11.6 Å². The van der Waals surface area contributed by atoms with E-state index in [1.54, 1.807) is 0 Å². The van der Waals surface area contributed by atoms with E-state index < -0.39 is 0 Å². The second-order valence-corrected chi connectivity index (χ2v) is 4.64. The fourth-order valence-corrected chi connectivity index (χ4v) is 2.48. The molecule has 0 aliphatic rings. The fraction of sp³-hybridized carbons (Fsp3) is 0.250. The number of rotatable bonds is 1. The van der Waals surface area contributed by atoms with Crippen LogP contribution in [-0.2, 0) is 5.88 Å². The van der Waals surface area contributed by atoms with Gasteiger partial charge in [-0.1, -0.05) is 15.9 Å². The Labute approximate surface area is 93.6 Å². The van der Waals surface area contributed by atoms with Crippen LogP contribution in [0.5, 0.6) is 0 Å². The third-order valence-corrected chi connectivity index (χ3v) is 3.48. The van der Waals surface area contributed by atoms with E-state index in [1.807, 2.05) is 0 Å². The quantitative estimate of drug-likeness (QED) is 0.531. The summed E-state index contributed by atoms with van der Waals surface area (Å²) in [5.74, 6) is 0.568. The van der Waals surface area contributed by atoms with Crippen molar-refractivity contribution in [1.29, 1.82) is 0 Å². The summed E-state index contributed by atoms with van der Waals surface area (Å²) in [5.41, 5.74) is 2.41. The van der Waals surface area contributed by atoms with Crippen LogP contribution in [0.3, 0.4) is 0 Å². The first-order chi connectivity index (χ1) is 5.15. The van der Waals surface area contributed by atoms with Crippen LogP contribution < -0.4 is 0 Å². The minimum atomic E-state index is 0.568. The van der Waals surface area contributed by atoms with Crippen molar-refractivity contribution in [1.82, 2.24) is 0 Å². The summed E-state index contributed by atoms with van der Waals surface area (Å²) < 4.78 is 2.37. The number of hydrogen-bond donors (Lipinski definition) is 0. The fourth-order valence-electron chi connectivity index (χ4n) is 0.892. The van der Waals surface area contributed by atoms with Gasteiger partial charge in [0.25, 0.3) is 0 Å². The van der Waals surface area contributed by atoms with Gasteiger partial charge in [-0.25, -0.2) is 0 Å². The summed E-state index contributed by atoms with van der Waals surface area (Å²) in [5, 5.41) is 0. The Balaban J connectivity index is 3.24. The van der Waals surface area contributed by atoms with Crippen molar-refractivity contribution >= 4 is 50.1 Å². The topological polar surface area (TPSA) is 0 Å². The average Bonchev–Trinajstić information content (AvgIpc) is 1.96. The predicted molar refractivity (Wildman–Crippen MR) is 61.2 cm³/mol. The molecule has 11 heavy (non-hydrogen) atoms. The SMILES string of the molecule is Cc1cc(I)cc(CCl)c1Br. The number of hydrogen-bond acceptors (Lipinski definition) is 0. The van der Waals surface area contributed by atoms with Crippen molar-refractivity contribution in [3.63, 3.8) is 0 Å². The van der Waals surface area contributed by atoms with Crippen LogP contribution in [-0.4, -0.2) is 0 Å². The molecule has 1 aromatic rings. The second-order valence-electron chi connectivity index (χ2n) is 2.33. The molecule has 0 aliphatic carbocycles. The Hall–Kier alpha value is 0.720. The molecule has 3 heteroatoms. The highest BCUT2D eigenvalue weighted by atomic mass is 127. The van der Waals surface area contributed by atoms with Gasteiger partial charge < -0.3 is 0 Å². The number of aryl methyl sites for hydroxylation is 1. The molecule has 0 atom stereocenters. The minimum absolute atomic E-state index is 0.568. The number of halogens is 3. The van der Waals surface area contributed by atoms with Crippen molar-refractivity contribution in [3.8, 4) is 0 Å². The summed E-state index contributed by atoms with van der Waals surface area (Å²) in [6.45, 7) is 2.07. The van der Waals surface area contributed by atoms with Gasteiger partial charge in [0.1, 0.15) is 0 Å². The van der Waals surface area contributed by atoms with Gasteiger partial charge in [0, 0.05) is 13.9 Å². The molecule has 0 unspecified atom stereocenters. The van der Waals surface area contributed by atoms with E-state index in [2.05, 4.69) is 57.6 Å². The van der Waals surface area contributed by atoms with Gasteiger partial charge in [-0.3, -0.25) is 0 Å². The summed E-state index contributed by atoms with van der Waals surface area (Å²) in [7, 11) is 0. The Morgan fingerprint density at radius 3 is 2.73 bits per heavy atom. The van der Waals surface area contributed by atoms with Crippen molar-refractivity contribution in [2.45, 2.75) is 12.8 Å². The zero-order valence-electron chi connectivity index (χ0n) is 6.00. The van der Waals surface area contributed by atoms with Crippen molar-refractivity contribution in [2.75, 3.05) is 0 Å². The second kappa shape index (κ2) is 4.10. The number of benzene rings is 1. The molecule has 0 amide bonds. The van der Waals surface area contributed by atoms with Crippen molar-refractivity contribution in [3.05, 3.63) is 31.3 Å². The van der Waals surface area contributed by atoms with Crippen LogP contribution in [0, 0.1) is 10.5 Å². The average molecular weight is 345 g/mol. The maximum atomic E-state index is 5.74. The molecule has 0 nitrogen and oxygen atoms in total. The molecule has 0 spiro atoms. The van der Waals surface area contributed by atoms with Crippen LogP contribution in [0.15, 0.2) is 16.6 Å². The Kier molecular flexibility index (Phi) is 3.65. The maximum Gasteiger partial charge on any atom is 0.0485 e. The van der Waals surface area contributed by atoms with Gasteiger partial charge in [0.05, 0.1) is 0 Å². The molecule has 0 saturated carbocycles. The molecular weight excluding hydrogens is 338 g/mol. The summed E-state index contributed by atoms with van der Waals surface area (Å²) in [4.78, 5) is 0. The van der Waals surface area contributed by atoms with E-state index in [0.717, 1.165) is 10.0 Å². The van der Waals surface area contributed by atoms with E-state index in [9.17, 15) is 0 Å². The van der Waals surface area contributed by atoms with Crippen LogP contribution in [0.1, 0.15) is 11.1 Å². The third-order valence-electron chi connectivity index (χ3n) is 1.44. The highest BCUT2D eigenvalue weighted by Crippen LogP contribution is 2.25. The molecule has 0 aromatic heterocycles. The van der Waals surface area contributed by atoms with Crippen LogP contribution >= 0.6 is 50.1 Å². The smallest absolute Gasteiger partial charge is 0.0485 e. The first-order valence-corrected chi connectivity index (χ1v) is 5.56. The highest BCUT2D eigenvalue weighted by Gasteiger charge is 2.02. The lowest BCUT2D eigenvalue weighted by Gasteiger charge is -2.04. The van der Waals surface area contributed by atoms with E-state index in [4.69, 9.17) is 11.6 Å². The summed E-state index contributed by atoms with van der Waals surface area (Å²) in [6.07, 6.45) is 0. The van der Waals surface area contributed by atoms with Gasteiger partial charge in [0.15, 0.2) is 0 Å². The number of alkyl halides is 1. The standard InChI is InChI=1S/C8H7BrClI/c1-5-2-7(11)3-6(4-10)8(5)9/h2-3H,4H2,1H3. The van der Waals surface area contributed by atoms with Gasteiger partial charge in [0.2, 0.25) is 0 Å². The van der Waals surface area contributed by atoms with Gasteiger partial charge in [-0.2, -0.15) is 0 Å². The summed E-state index contributed by atoms with van der Waals surface area (Å²) >= 11 is 11.5. The minimum Gasteiger partial charge on any atom is -0.122 e. The third kappa shape index (κ3) is 2.33. The predicted octanol–water partition coefficient (Wildman–Crippen LogP) is 4.10. The molecule has 0 heterocycles. The molecule has 0 radical (unpaired) electrons.